The number of halogens is 2. The monoisotopic (exact) mass is 356 g/mol. The summed E-state index contributed by atoms with van der Waals surface area (Å²) in [5.74, 6) is -0.159. The van der Waals surface area contributed by atoms with Crippen LogP contribution in [0.15, 0.2) is 22.7 Å². The Labute approximate surface area is 134 Å². The molecule has 0 aromatic heterocycles. The average molecular weight is 357 g/mol. The molecule has 0 unspecified atom stereocenters. The van der Waals surface area contributed by atoms with E-state index in [4.69, 9.17) is 0 Å². The van der Waals surface area contributed by atoms with Crippen molar-refractivity contribution in [2.24, 2.45) is 5.92 Å². The highest BCUT2D eigenvalue weighted by Crippen LogP contribution is 2.23. The standard InChI is InChI=1S/C16H22BrFN2O/c1-2-10-20(11-12-6-8-19-9-7-12)16(21)15-13(17)4-3-5-14(15)18/h3-5,12,19H,2,6-11H2,1H3. The molecule has 1 aliphatic rings. The molecule has 0 bridgehead atoms. The minimum absolute atomic E-state index is 0.153. The zero-order valence-corrected chi connectivity index (χ0v) is 14.0. The second-order valence-electron chi connectivity index (χ2n) is 5.54. The SMILES string of the molecule is CCCN(CC1CCNCC1)C(=O)c1c(F)cccc1Br. The number of hydrogen-bond acceptors (Lipinski definition) is 2. The van der Waals surface area contributed by atoms with Crippen LogP contribution in [0.2, 0.25) is 0 Å². The molecule has 5 heteroatoms. The van der Waals surface area contributed by atoms with Gasteiger partial charge in [-0.25, -0.2) is 4.39 Å². The van der Waals surface area contributed by atoms with Gasteiger partial charge < -0.3 is 10.2 Å². The fourth-order valence-corrected chi connectivity index (χ4v) is 3.29. The molecule has 1 amide bonds. The van der Waals surface area contributed by atoms with E-state index in [-0.39, 0.29) is 11.5 Å². The van der Waals surface area contributed by atoms with Gasteiger partial charge >= 0.3 is 0 Å². The van der Waals surface area contributed by atoms with Crippen molar-refractivity contribution in [3.63, 3.8) is 0 Å². The van der Waals surface area contributed by atoms with Gasteiger partial charge in [0.2, 0.25) is 0 Å². The molecule has 0 radical (unpaired) electrons. The summed E-state index contributed by atoms with van der Waals surface area (Å²) in [5, 5.41) is 3.33. The molecule has 1 aliphatic heterocycles. The van der Waals surface area contributed by atoms with Crippen LogP contribution in [0.5, 0.6) is 0 Å². The molecule has 1 N–H and O–H groups in total. The number of nitrogens with zero attached hydrogens (tertiary/aromatic N) is 1. The van der Waals surface area contributed by atoms with Gasteiger partial charge in [0.25, 0.3) is 5.91 Å². The van der Waals surface area contributed by atoms with E-state index in [9.17, 15) is 9.18 Å². The molecule has 3 nitrogen and oxygen atoms in total. The Morgan fingerprint density at radius 1 is 1.43 bits per heavy atom. The smallest absolute Gasteiger partial charge is 0.257 e. The van der Waals surface area contributed by atoms with Crippen molar-refractivity contribution in [2.75, 3.05) is 26.2 Å². The first-order chi connectivity index (χ1) is 10.1. The van der Waals surface area contributed by atoms with E-state index in [1.54, 1.807) is 17.0 Å². The van der Waals surface area contributed by atoms with Gasteiger partial charge in [-0.3, -0.25) is 4.79 Å². The van der Waals surface area contributed by atoms with Crippen LogP contribution in [0.4, 0.5) is 4.39 Å². The first-order valence-corrected chi connectivity index (χ1v) is 8.36. The fourth-order valence-electron chi connectivity index (χ4n) is 2.78. The van der Waals surface area contributed by atoms with Gasteiger partial charge in [0.15, 0.2) is 0 Å². The van der Waals surface area contributed by atoms with Gasteiger partial charge in [-0.05, 0) is 66.3 Å². The molecule has 1 fully saturated rings. The summed E-state index contributed by atoms with van der Waals surface area (Å²) in [7, 11) is 0. The van der Waals surface area contributed by atoms with Crippen molar-refractivity contribution in [3.8, 4) is 0 Å². The second kappa shape index (κ2) is 7.90. The van der Waals surface area contributed by atoms with E-state index in [1.807, 2.05) is 6.92 Å². The summed E-state index contributed by atoms with van der Waals surface area (Å²) in [6, 6.07) is 4.66. The minimum atomic E-state index is -0.458. The third-order valence-electron chi connectivity index (χ3n) is 3.89. The van der Waals surface area contributed by atoms with Crippen molar-refractivity contribution in [3.05, 3.63) is 34.1 Å². The van der Waals surface area contributed by atoms with E-state index in [1.165, 1.54) is 6.07 Å². The molecule has 1 aromatic carbocycles. The van der Waals surface area contributed by atoms with Crippen molar-refractivity contribution in [1.29, 1.82) is 0 Å². The third kappa shape index (κ3) is 4.27. The molecule has 21 heavy (non-hydrogen) atoms. The zero-order valence-electron chi connectivity index (χ0n) is 12.4. The maximum absolute atomic E-state index is 14.0. The summed E-state index contributed by atoms with van der Waals surface area (Å²) >= 11 is 3.29. The number of amides is 1. The lowest BCUT2D eigenvalue weighted by molar-refractivity contribution is 0.0710. The average Bonchev–Trinajstić information content (AvgIpc) is 2.47. The van der Waals surface area contributed by atoms with Gasteiger partial charge in [0.1, 0.15) is 5.82 Å². The van der Waals surface area contributed by atoms with Crippen LogP contribution in [-0.4, -0.2) is 37.0 Å². The Morgan fingerprint density at radius 3 is 2.76 bits per heavy atom. The van der Waals surface area contributed by atoms with Crippen LogP contribution >= 0.6 is 15.9 Å². The molecule has 2 rings (SSSR count). The molecule has 116 valence electrons. The Balaban J connectivity index is 2.14. The van der Waals surface area contributed by atoms with Gasteiger partial charge in [-0.2, -0.15) is 0 Å². The summed E-state index contributed by atoms with van der Waals surface area (Å²) in [6.07, 6.45) is 3.03. The van der Waals surface area contributed by atoms with E-state index in [0.717, 1.165) is 38.9 Å². The molecule has 0 spiro atoms. The number of hydrogen-bond donors (Lipinski definition) is 1. The second-order valence-corrected chi connectivity index (χ2v) is 6.40. The van der Waals surface area contributed by atoms with Crippen molar-refractivity contribution >= 4 is 21.8 Å². The van der Waals surface area contributed by atoms with Crippen molar-refractivity contribution in [1.82, 2.24) is 10.2 Å². The molecule has 0 aliphatic carbocycles. The number of carbonyl (C=O) groups excluding carboxylic acids is 1. The number of nitrogens with one attached hydrogen (secondary N) is 1. The Hall–Kier alpha value is -0.940. The first-order valence-electron chi connectivity index (χ1n) is 7.57. The maximum atomic E-state index is 14.0. The lowest BCUT2D eigenvalue weighted by Crippen LogP contribution is -2.40. The van der Waals surface area contributed by atoms with Gasteiger partial charge in [0.05, 0.1) is 5.56 Å². The van der Waals surface area contributed by atoms with Crippen molar-refractivity contribution < 1.29 is 9.18 Å². The quantitative estimate of drug-likeness (QED) is 0.876. The number of piperidine rings is 1. The maximum Gasteiger partial charge on any atom is 0.257 e. The predicted octanol–water partition coefficient (Wildman–Crippen LogP) is 3.44. The Bertz CT molecular complexity index is 469. The molecule has 1 aromatic rings. The van der Waals surface area contributed by atoms with Crippen LogP contribution in [0.25, 0.3) is 0 Å². The number of benzene rings is 1. The van der Waals surface area contributed by atoms with E-state index in [0.29, 0.717) is 16.9 Å². The van der Waals surface area contributed by atoms with Crippen LogP contribution < -0.4 is 5.32 Å². The number of rotatable bonds is 5. The third-order valence-corrected chi connectivity index (χ3v) is 4.56. The predicted molar refractivity (Wildman–Crippen MR) is 85.9 cm³/mol. The normalized spacial score (nSPS) is 16.0. The molecule has 1 heterocycles. The molecule has 0 saturated carbocycles. The molecule has 0 atom stereocenters. The van der Waals surface area contributed by atoms with Gasteiger partial charge in [-0.15, -0.1) is 0 Å². The largest absolute Gasteiger partial charge is 0.338 e. The summed E-state index contributed by atoms with van der Waals surface area (Å²) in [5.41, 5.74) is 0.153. The Kier molecular flexibility index (Phi) is 6.18. The highest BCUT2D eigenvalue weighted by molar-refractivity contribution is 9.10. The zero-order chi connectivity index (χ0) is 15.2. The number of carbonyl (C=O) groups is 1. The Morgan fingerprint density at radius 2 is 2.14 bits per heavy atom. The van der Waals surface area contributed by atoms with E-state index >= 15 is 0 Å². The summed E-state index contributed by atoms with van der Waals surface area (Å²) < 4.78 is 14.5. The van der Waals surface area contributed by atoms with Crippen LogP contribution in [0, 0.1) is 11.7 Å². The lowest BCUT2D eigenvalue weighted by atomic mass is 9.97. The van der Waals surface area contributed by atoms with Crippen LogP contribution in [0.3, 0.4) is 0 Å². The highest BCUT2D eigenvalue weighted by Gasteiger charge is 2.24. The topological polar surface area (TPSA) is 32.3 Å². The first kappa shape index (κ1) is 16.4. The molecular weight excluding hydrogens is 335 g/mol. The van der Waals surface area contributed by atoms with E-state index in [2.05, 4.69) is 21.2 Å². The van der Waals surface area contributed by atoms with Crippen LogP contribution in [-0.2, 0) is 0 Å². The lowest BCUT2D eigenvalue weighted by Gasteiger charge is -2.30. The van der Waals surface area contributed by atoms with Crippen LogP contribution in [0.1, 0.15) is 36.5 Å². The summed E-state index contributed by atoms with van der Waals surface area (Å²) in [6.45, 7) is 5.43. The van der Waals surface area contributed by atoms with Crippen molar-refractivity contribution in [2.45, 2.75) is 26.2 Å². The highest BCUT2D eigenvalue weighted by atomic mass is 79.9. The summed E-state index contributed by atoms with van der Waals surface area (Å²) in [4.78, 5) is 14.5. The minimum Gasteiger partial charge on any atom is -0.338 e. The van der Waals surface area contributed by atoms with Gasteiger partial charge in [-0.1, -0.05) is 13.0 Å². The fraction of sp³-hybridized carbons (Fsp3) is 0.562. The van der Waals surface area contributed by atoms with Gasteiger partial charge in [0, 0.05) is 17.6 Å². The molecular formula is C16H22BrFN2O. The van der Waals surface area contributed by atoms with E-state index < -0.39 is 5.82 Å². The molecule has 1 saturated heterocycles.